The summed E-state index contributed by atoms with van der Waals surface area (Å²) in [5, 5.41) is 12.5. The van der Waals surface area contributed by atoms with Gasteiger partial charge in [-0.05, 0) is 13.8 Å². The summed E-state index contributed by atoms with van der Waals surface area (Å²) in [5.74, 6) is -0.537. The van der Waals surface area contributed by atoms with E-state index < -0.39 is 5.97 Å². The number of rotatable bonds is 4. The minimum absolute atomic E-state index is 0.175. The van der Waals surface area contributed by atoms with Crippen molar-refractivity contribution in [3.05, 3.63) is 22.1 Å². The predicted octanol–water partition coefficient (Wildman–Crippen LogP) is 2.37. The molecule has 1 aromatic heterocycles. The Balaban J connectivity index is 3.07. The molecule has 0 bridgehead atoms. The second-order valence-electron chi connectivity index (χ2n) is 3.81. The number of nitrogen functional groups attached to an aromatic ring is 1. The zero-order valence-corrected chi connectivity index (χ0v) is 11.4. The molecule has 0 aliphatic rings. The lowest BCUT2D eigenvalue weighted by atomic mass is 10.2. The summed E-state index contributed by atoms with van der Waals surface area (Å²) >= 11 is 1.15. The zero-order valence-electron chi connectivity index (χ0n) is 10.5. The number of thiophene rings is 1. The minimum atomic E-state index is -0.537. The van der Waals surface area contributed by atoms with Crippen LogP contribution in [0.3, 0.4) is 0 Å². The van der Waals surface area contributed by atoms with Crippen molar-refractivity contribution < 1.29 is 9.53 Å². The maximum absolute atomic E-state index is 11.6. The molecule has 96 valence electrons. The third-order valence-corrected chi connectivity index (χ3v) is 3.28. The molecule has 0 aliphatic carbocycles. The lowest BCUT2D eigenvalue weighted by Crippen LogP contribution is -2.08. The van der Waals surface area contributed by atoms with Crippen LogP contribution in [-0.2, 0) is 4.74 Å². The monoisotopic (exact) mass is 265 g/mol. The SMILES string of the molecule is COC(=O)c1c(NCC=C(C)C)sc(C#N)c1N. The summed E-state index contributed by atoms with van der Waals surface area (Å²) in [6, 6.07) is 1.96. The number of nitrogens with two attached hydrogens (primary N) is 1. The Morgan fingerprint density at radius 1 is 1.61 bits per heavy atom. The van der Waals surface area contributed by atoms with Crippen LogP contribution in [0.4, 0.5) is 10.7 Å². The Morgan fingerprint density at radius 2 is 2.28 bits per heavy atom. The molecule has 18 heavy (non-hydrogen) atoms. The Labute approximate surface area is 110 Å². The first-order valence-electron chi connectivity index (χ1n) is 5.29. The van der Waals surface area contributed by atoms with Gasteiger partial charge in [0.2, 0.25) is 0 Å². The van der Waals surface area contributed by atoms with Crippen LogP contribution in [-0.4, -0.2) is 19.6 Å². The average molecular weight is 265 g/mol. The molecule has 3 N–H and O–H groups in total. The number of hydrogen-bond acceptors (Lipinski definition) is 6. The maximum Gasteiger partial charge on any atom is 0.343 e. The molecule has 1 rings (SSSR count). The number of anilines is 2. The number of nitrogens with one attached hydrogen (secondary N) is 1. The van der Waals surface area contributed by atoms with Gasteiger partial charge in [0.25, 0.3) is 0 Å². The molecule has 6 heteroatoms. The van der Waals surface area contributed by atoms with Crippen molar-refractivity contribution in [2.75, 3.05) is 24.7 Å². The molecule has 0 amide bonds. The Kier molecular flexibility index (Phi) is 4.75. The van der Waals surface area contributed by atoms with Gasteiger partial charge in [0.1, 0.15) is 21.5 Å². The van der Waals surface area contributed by atoms with Crippen LogP contribution in [0.2, 0.25) is 0 Å². The van der Waals surface area contributed by atoms with Gasteiger partial charge in [-0.15, -0.1) is 11.3 Å². The zero-order chi connectivity index (χ0) is 13.7. The van der Waals surface area contributed by atoms with E-state index in [-0.39, 0.29) is 11.3 Å². The highest BCUT2D eigenvalue weighted by molar-refractivity contribution is 7.17. The van der Waals surface area contributed by atoms with Gasteiger partial charge in [-0.1, -0.05) is 11.6 Å². The van der Waals surface area contributed by atoms with Gasteiger partial charge in [-0.25, -0.2) is 4.79 Å². The van der Waals surface area contributed by atoms with Crippen molar-refractivity contribution in [1.82, 2.24) is 0 Å². The van der Waals surface area contributed by atoms with E-state index in [0.29, 0.717) is 16.4 Å². The average Bonchev–Trinajstić information content (AvgIpc) is 2.64. The molecule has 0 spiro atoms. The van der Waals surface area contributed by atoms with Crippen molar-refractivity contribution in [1.29, 1.82) is 5.26 Å². The summed E-state index contributed by atoms with van der Waals surface area (Å²) in [5.41, 5.74) is 7.33. The molecule has 1 heterocycles. The second kappa shape index (κ2) is 6.07. The molecule has 0 saturated heterocycles. The summed E-state index contributed by atoms with van der Waals surface area (Å²) < 4.78 is 4.67. The lowest BCUT2D eigenvalue weighted by Gasteiger charge is -2.04. The fraction of sp³-hybridized carbons (Fsp3) is 0.333. The number of esters is 1. The molecule has 5 nitrogen and oxygen atoms in total. The number of carbonyl (C=O) groups is 1. The first-order chi connectivity index (χ1) is 8.51. The molecule has 0 radical (unpaired) electrons. The normalized spacial score (nSPS) is 9.44. The summed E-state index contributed by atoms with van der Waals surface area (Å²) in [7, 11) is 1.28. The van der Waals surface area contributed by atoms with E-state index in [1.54, 1.807) is 0 Å². The Bertz CT molecular complexity index is 522. The molecule has 0 fully saturated rings. The highest BCUT2D eigenvalue weighted by Gasteiger charge is 2.22. The van der Waals surface area contributed by atoms with Crippen LogP contribution in [0.15, 0.2) is 11.6 Å². The Morgan fingerprint density at radius 3 is 2.78 bits per heavy atom. The van der Waals surface area contributed by atoms with Crippen LogP contribution in [0.1, 0.15) is 29.1 Å². The minimum Gasteiger partial charge on any atom is -0.465 e. The molecular weight excluding hydrogens is 250 g/mol. The molecule has 0 aliphatic heterocycles. The van der Waals surface area contributed by atoms with E-state index in [2.05, 4.69) is 10.1 Å². The standard InChI is InChI=1S/C12H15N3O2S/c1-7(2)4-5-15-11-9(12(16)17-3)10(14)8(6-13)18-11/h4,15H,5,14H2,1-3H3. The third kappa shape index (κ3) is 3.02. The van der Waals surface area contributed by atoms with Crippen LogP contribution in [0, 0.1) is 11.3 Å². The van der Waals surface area contributed by atoms with E-state index in [0.717, 1.165) is 16.9 Å². The molecule has 0 unspecified atom stereocenters. The topological polar surface area (TPSA) is 88.1 Å². The van der Waals surface area contributed by atoms with Gasteiger partial charge in [0, 0.05) is 6.54 Å². The fourth-order valence-corrected chi connectivity index (χ4v) is 2.22. The third-order valence-electron chi connectivity index (χ3n) is 2.21. The van der Waals surface area contributed by atoms with Crippen LogP contribution in [0.25, 0.3) is 0 Å². The largest absolute Gasteiger partial charge is 0.465 e. The summed E-state index contributed by atoms with van der Waals surface area (Å²) in [6.45, 7) is 4.52. The van der Waals surface area contributed by atoms with Crippen molar-refractivity contribution in [2.45, 2.75) is 13.8 Å². The summed E-state index contributed by atoms with van der Waals surface area (Å²) in [6.07, 6.45) is 1.98. The van der Waals surface area contributed by atoms with E-state index in [4.69, 9.17) is 11.0 Å². The number of hydrogen-bond donors (Lipinski definition) is 2. The van der Waals surface area contributed by atoms with Gasteiger partial charge in [0.15, 0.2) is 0 Å². The smallest absolute Gasteiger partial charge is 0.343 e. The van der Waals surface area contributed by atoms with Crippen LogP contribution in [0.5, 0.6) is 0 Å². The number of allylic oxidation sites excluding steroid dienone is 1. The number of nitrogens with zero attached hydrogens (tertiary/aromatic N) is 1. The van der Waals surface area contributed by atoms with Gasteiger partial charge in [-0.3, -0.25) is 0 Å². The highest BCUT2D eigenvalue weighted by Crippen LogP contribution is 2.35. The first-order valence-corrected chi connectivity index (χ1v) is 6.10. The van der Waals surface area contributed by atoms with Gasteiger partial charge in [-0.2, -0.15) is 5.26 Å². The number of ether oxygens (including phenoxy) is 1. The van der Waals surface area contributed by atoms with E-state index in [1.165, 1.54) is 7.11 Å². The lowest BCUT2D eigenvalue weighted by molar-refractivity contribution is 0.0603. The number of methoxy groups -OCH3 is 1. The van der Waals surface area contributed by atoms with E-state index in [1.807, 2.05) is 26.0 Å². The van der Waals surface area contributed by atoms with Crippen molar-refractivity contribution in [3.63, 3.8) is 0 Å². The summed E-state index contributed by atoms with van der Waals surface area (Å²) in [4.78, 5) is 11.9. The van der Waals surface area contributed by atoms with E-state index >= 15 is 0 Å². The second-order valence-corrected chi connectivity index (χ2v) is 4.84. The molecule has 1 aromatic rings. The Hall–Kier alpha value is -2.00. The van der Waals surface area contributed by atoms with Crippen LogP contribution < -0.4 is 11.1 Å². The first kappa shape index (κ1) is 14.1. The number of carbonyl (C=O) groups excluding carboxylic acids is 1. The van der Waals surface area contributed by atoms with Crippen LogP contribution >= 0.6 is 11.3 Å². The van der Waals surface area contributed by atoms with Gasteiger partial charge < -0.3 is 15.8 Å². The van der Waals surface area contributed by atoms with Crippen molar-refractivity contribution >= 4 is 28.0 Å². The molecule has 0 atom stereocenters. The van der Waals surface area contributed by atoms with E-state index in [9.17, 15) is 4.79 Å². The number of nitriles is 1. The molecule has 0 aromatic carbocycles. The van der Waals surface area contributed by atoms with Gasteiger partial charge >= 0.3 is 5.97 Å². The predicted molar refractivity (Wildman–Crippen MR) is 72.7 cm³/mol. The fourth-order valence-electron chi connectivity index (χ4n) is 1.30. The quantitative estimate of drug-likeness (QED) is 0.644. The van der Waals surface area contributed by atoms with Crippen molar-refractivity contribution in [2.24, 2.45) is 0 Å². The van der Waals surface area contributed by atoms with Crippen molar-refractivity contribution in [3.8, 4) is 6.07 Å². The highest BCUT2D eigenvalue weighted by atomic mass is 32.1. The molecule has 0 saturated carbocycles. The maximum atomic E-state index is 11.6. The van der Waals surface area contributed by atoms with Gasteiger partial charge in [0.05, 0.1) is 12.8 Å². The molecular formula is C12H15N3O2S.